The van der Waals surface area contributed by atoms with Gasteiger partial charge in [-0.05, 0) is 67.9 Å². The molecule has 154 valence electrons. The van der Waals surface area contributed by atoms with Gasteiger partial charge >= 0.3 is 5.97 Å². The van der Waals surface area contributed by atoms with Crippen LogP contribution in [0.1, 0.15) is 30.4 Å². The average molecular weight is 436 g/mol. The van der Waals surface area contributed by atoms with Crippen LogP contribution in [-0.4, -0.2) is 42.2 Å². The number of hydrogen-bond acceptors (Lipinski definition) is 4. The van der Waals surface area contributed by atoms with E-state index in [0.717, 1.165) is 43.0 Å². The predicted octanol–water partition coefficient (Wildman–Crippen LogP) is 4.77. The van der Waals surface area contributed by atoms with Crippen molar-refractivity contribution in [1.29, 1.82) is 0 Å². The van der Waals surface area contributed by atoms with Gasteiger partial charge in [0.05, 0.1) is 13.0 Å². The maximum Gasteiger partial charge on any atom is 0.304 e. The maximum atomic E-state index is 10.8. The Kier molecular flexibility index (Phi) is 5.91. The Morgan fingerprint density at radius 3 is 2.55 bits per heavy atom. The van der Waals surface area contributed by atoms with Crippen LogP contribution in [0.2, 0.25) is 10.0 Å². The molecule has 7 heteroatoms. The first-order valence-electron chi connectivity index (χ1n) is 9.73. The number of fused-ring (bicyclic) bond motifs is 2. The fraction of sp³-hybridized carbons (Fsp3) is 0.409. The van der Waals surface area contributed by atoms with Crippen LogP contribution in [-0.2, 0) is 16.8 Å². The van der Waals surface area contributed by atoms with Gasteiger partial charge in [-0.3, -0.25) is 4.79 Å². The van der Waals surface area contributed by atoms with Crippen molar-refractivity contribution in [1.82, 2.24) is 4.90 Å². The first-order chi connectivity index (χ1) is 13.9. The molecule has 2 heterocycles. The molecule has 2 aliphatic heterocycles. The highest BCUT2D eigenvalue weighted by atomic mass is 35.5. The van der Waals surface area contributed by atoms with Gasteiger partial charge in [-0.25, -0.2) is 0 Å². The molecule has 29 heavy (non-hydrogen) atoms. The summed E-state index contributed by atoms with van der Waals surface area (Å²) in [4.78, 5) is 13.0. The van der Waals surface area contributed by atoms with Crippen LogP contribution in [0.15, 0.2) is 36.4 Å². The minimum atomic E-state index is -0.748. The third-order valence-corrected chi connectivity index (χ3v) is 6.25. The summed E-state index contributed by atoms with van der Waals surface area (Å²) >= 11 is 12.1. The molecule has 0 atom stereocenters. The number of likely N-dealkylation sites (tertiary alicyclic amines) is 1. The minimum absolute atomic E-state index is 0.0200. The lowest BCUT2D eigenvalue weighted by Gasteiger charge is -2.38. The summed E-state index contributed by atoms with van der Waals surface area (Å²) in [5, 5.41) is 10.1. The zero-order chi connectivity index (χ0) is 20.4. The third kappa shape index (κ3) is 4.63. The van der Waals surface area contributed by atoms with Crippen molar-refractivity contribution in [3.05, 3.63) is 57.6 Å². The molecular weight excluding hydrogens is 413 g/mol. The molecule has 0 amide bonds. The van der Waals surface area contributed by atoms with Gasteiger partial charge in [0.25, 0.3) is 0 Å². The number of rotatable bonds is 6. The number of carboxylic acid groups (broad SMARTS) is 1. The summed E-state index contributed by atoms with van der Waals surface area (Å²) < 4.78 is 12.0. The number of aliphatic carboxylic acids is 1. The largest absolute Gasteiger partial charge is 0.492 e. The normalized spacial score (nSPS) is 17.7. The van der Waals surface area contributed by atoms with E-state index in [1.807, 2.05) is 24.3 Å². The first-order valence-corrected chi connectivity index (χ1v) is 10.5. The number of nitrogens with zero attached hydrogens (tertiary/aromatic N) is 1. The lowest BCUT2D eigenvalue weighted by atomic mass is 9.74. The summed E-state index contributed by atoms with van der Waals surface area (Å²) in [7, 11) is 0. The van der Waals surface area contributed by atoms with E-state index in [1.54, 1.807) is 6.07 Å². The van der Waals surface area contributed by atoms with Gasteiger partial charge in [0.1, 0.15) is 18.1 Å². The van der Waals surface area contributed by atoms with Crippen molar-refractivity contribution < 1.29 is 19.4 Å². The van der Waals surface area contributed by atoms with Crippen LogP contribution in [0.5, 0.6) is 11.5 Å². The average Bonchev–Trinajstić information content (AvgIpc) is 3.03. The summed E-state index contributed by atoms with van der Waals surface area (Å²) in [5.41, 5.74) is 2.09. The van der Waals surface area contributed by atoms with E-state index in [-0.39, 0.29) is 11.8 Å². The number of benzene rings is 2. The van der Waals surface area contributed by atoms with Gasteiger partial charge in [0.2, 0.25) is 0 Å². The highest BCUT2D eigenvalue weighted by Crippen LogP contribution is 2.46. The van der Waals surface area contributed by atoms with Gasteiger partial charge < -0.3 is 19.5 Å². The molecule has 1 saturated heterocycles. The Morgan fingerprint density at radius 1 is 1.14 bits per heavy atom. The molecule has 0 radical (unpaired) electrons. The zero-order valence-electron chi connectivity index (χ0n) is 16.0. The monoisotopic (exact) mass is 435 g/mol. The van der Waals surface area contributed by atoms with E-state index < -0.39 is 5.97 Å². The van der Waals surface area contributed by atoms with Crippen LogP contribution in [0.4, 0.5) is 0 Å². The van der Waals surface area contributed by atoms with Gasteiger partial charge in [-0.1, -0.05) is 23.2 Å². The van der Waals surface area contributed by atoms with E-state index in [2.05, 4.69) is 11.0 Å². The van der Waals surface area contributed by atoms with Crippen molar-refractivity contribution in [3.63, 3.8) is 0 Å². The molecule has 0 bridgehead atoms. The quantitative estimate of drug-likeness (QED) is 0.707. The van der Waals surface area contributed by atoms with Crippen LogP contribution in [0.3, 0.4) is 0 Å². The van der Waals surface area contributed by atoms with E-state index in [9.17, 15) is 4.79 Å². The van der Waals surface area contributed by atoms with Crippen LogP contribution >= 0.6 is 23.2 Å². The lowest BCUT2D eigenvalue weighted by Crippen LogP contribution is -2.44. The Morgan fingerprint density at radius 2 is 1.86 bits per heavy atom. The second kappa shape index (κ2) is 8.42. The summed E-state index contributed by atoms with van der Waals surface area (Å²) in [6.07, 6.45) is 2.09. The highest BCUT2D eigenvalue weighted by Gasteiger charge is 2.43. The van der Waals surface area contributed by atoms with Crippen molar-refractivity contribution in [2.45, 2.75) is 31.3 Å². The fourth-order valence-electron chi connectivity index (χ4n) is 4.17. The predicted molar refractivity (Wildman–Crippen MR) is 112 cm³/mol. The molecule has 0 saturated carbocycles. The van der Waals surface area contributed by atoms with Gasteiger partial charge in [0.15, 0.2) is 0 Å². The summed E-state index contributed by atoms with van der Waals surface area (Å²) in [6.45, 7) is 3.41. The van der Waals surface area contributed by atoms with Crippen molar-refractivity contribution in [2.24, 2.45) is 0 Å². The Balaban J connectivity index is 1.44. The lowest BCUT2D eigenvalue weighted by molar-refractivity contribution is -0.137. The molecule has 1 N–H and O–H groups in total. The van der Waals surface area contributed by atoms with Crippen molar-refractivity contribution in [2.75, 3.05) is 26.2 Å². The minimum Gasteiger partial charge on any atom is -0.492 e. The maximum absolute atomic E-state index is 10.8. The topological polar surface area (TPSA) is 59.0 Å². The van der Waals surface area contributed by atoms with Gasteiger partial charge in [0, 0.05) is 27.6 Å². The van der Waals surface area contributed by atoms with Gasteiger partial charge in [-0.15, -0.1) is 0 Å². The number of halogens is 2. The third-order valence-electron chi connectivity index (χ3n) is 5.81. The molecule has 0 unspecified atom stereocenters. The second-order valence-electron chi connectivity index (χ2n) is 7.78. The number of hydrogen-bond donors (Lipinski definition) is 1. The fourth-order valence-corrected chi connectivity index (χ4v) is 4.74. The molecule has 0 aromatic heterocycles. The van der Waals surface area contributed by atoms with Crippen LogP contribution in [0.25, 0.3) is 0 Å². The summed E-state index contributed by atoms with van der Waals surface area (Å²) in [5.74, 6) is 0.961. The Bertz CT molecular complexity index is 889. The molecule has 2 aromatic carbocycles. The molecule has 4 rings (SSSR count). The second-order valence-corrected chi connectivity index (χ2v) is 8.65. The van der Waals surface area contributed by atoms with E-state index in [0.29, 0.717) is 29.8 Å². The number of carboxylic acids is 1. The first kappa shape index (κ1) is 20.3. The molecule has 2 aromatic rings. The standard InChI is InChI=1S/C22H23Cl2NO4/c23-16-9-15(10-17(24)11-16)13-28-18-1-2-20-19(12-18)22(14-29-20)4-7-25(8-5-22)6-3-21(26)27/h1-2,9-12H,3-8,13-14H2,(H,26,27). The highest BCUT2D eigenvalue weighted by molar-refractivity contribution is 6.34. The Hall–Kier alpha value is -1.95. The number of carbonyl (C=O) groups is 1. The number of piperidine rings is 1. The zero-order valence-corrected chi connectivity index (χ0v) is 17.5. The molecule has 1 spiro atoms. The SMILES string of the molecule is O=C(O)CCN1CCC2(CC1)COc1ccc(OCc3cc(Cl)cc(Cl)c3)cc12. The van der Waals surface area contributed by atoms with E-state index in [1.165, 1.54) is 5.56 Å². The summed E-state index contributed by atoms with van der Waals surface area (Å²) in [6, 6.07) is 11.4. The molecule has 1 fully saturated rings. The van der Waals surface area contributed by atoms with Crippen LogP contribution in [0, 0.1) is 0 Å². The van der Waals surface area contributed by atoms with E-state index in [4.69, 9.17) is 37.8 Å². The smallest absolute Gasteiger partial charge is 0.304 e. The molecule has 2 aliphatic rings. The molecule has 5 nitrogen and oxygen atoms in total. The Labute approximate surface area is 180 Å². The molecule has 0 aliphatic carbocycles. The molecular formula is C22H23Cl2NO4. The number of ether oxygens (including phenoxy) is 2. The van der Waals surface area contributed by atoms with Crippen molar-refractivity contribution in [3.8, 4) is 11.5 Å². The van der Waals surface area contributed by atoms with E-state index >= 15 is 0 Å². The van der Waals surface area contributed by atoms with Gasteiger partial charge in [-0.2, -0.15) is 0 Å². The van der Waals surface area contributed by atoms with Crippen LogP contribution < -0.4 is 9.47 Å². The van der Waals surface area contributed by atoms with Crippen molar-refractivity contribution >= 4 is 29.2 Å².